The molecule has 0 aliphatic carbocycles. The zero-order valence-electron chi connectivity index (χ0n) is 10.6. The van der Waals surface area contributed by atoms with Crippen LogP contribution in [-0.4, -0.2) is 29.6 Å². The quantitative estimate of drug-likeness (QED) is 0.760. The van der Waals surface area contributed by atoms with Crippen molar-refractivity contribution in [2.24, 2.45) is 5.92 Å². The van der Waals surface area contributed by atoms with Crippen LogP contribution >= 0.6 is 0 Å². The first-order valence-electron chi connectivity index (χ1n) is 5.92. The molecule has 1 heterocycles. The van der Waals surface area contributed by atoms with Crippen LogP contribution in [-0.2, 0) is 17.6 Å². The van der Waals surface area contributed by atoms with E-state index in [-0.39, 0.29) is 12.2 Å². The van der Waals surface area contributed by atoms with E-state index in [0.717, 1.165) is 12.1 Å². The van der Waals surface area contributed by atoms with Crippen molar-refractivity contribution in [3.8, 4) is 0 Å². The molecule has 1 N–H and O–H groups in total. The highest BCUT2D eigenvalue weighted by Gasteiger charge is 2.05. The minimum absolute atomic E-state index is 0.123. The Morgan fingerprint density at radius 3 is 2.78 bits per heavy atom. The predicted molar refractivity (Wildman–Crippen MR) is 63.9 cm³/mol. The molecule has 18 heavy (non-hydrogen) atoms. The third kappa shape index (κ3) is 5.86. The molecule has 0 saturated heterocycles. The van der Waals surface area contributed by atoms with Crippen LogP contribution in [0.2, 0.25) is 0 Å². The van der Waals surface area contributed by atoms with Crippen LogP contribution in [0.1, 0.15) is 25.4 Å². The highest BCUT2D eigenvalue weighted by atomic mass is 19.3. The van der Waals surface area contributed by atoms with Crippen molar-refractivity contribution in [3.63, 3.8) is 0 Å². The number of H-pyrrole nitrogens is 1. The summed E-state index contributed by atoms with van der Waals surface area (Å²) in [6, 6.07) is 1.46. The normalized spacial score (nSPS) is 11.4. The monoisotopic (exact) mass is 260 g/mol. The predicted octanol–water partition coefficient (Wildman–Crippen LogP) is 1.79. The first-order chi connectivity index (χ1) is 8.47. The van der Waals surface area contributed by atoms with Gasteiger partial charge in [-0.2, -0.15) is 0 Å². The van der Waals surface area contributed by atoms with Gasteiger partial charge in [-0.1, -0.05) is 13.8 Å². The fourth-order valence-corrected chi connectivity index (χ4v) is 1.55. The molecule has 0 aromatic carbocycles. The van der Waals surface area contributed by atoms with Gasteiger partial charge in [-0.15, -0.1) is 0 Å². The Morgan fingerprint density at radius 2 is 2.17 bits per heavy atom. The molecule has 0 aliphatic rings. The summed E-state index contributed by atoms with van der Waals surface area (Å²) in [6.45, 7) is 3.61. The van der Waals surface area contributed by atoms with Gasteiger partial charge in [0.1, 0.15) is 12.4 Å². The summed E-state index contributed by atoms with van der Waals surface area (Å²) in [6.07, 6.45) is -1.42. The van der Waals surface area contributed by atoms with E-state index >= 15 is 0 Å². The lowest BCUT2D eigenvalue weighted by atomic mass is 10.1. The first-order valence-corrected chi connectivity index (χ1v) is 5.92. The van der Waals surface area contributed by atoms with Gasteiger partial charge in [0.15, 0.2) is 0 Å². The number of ether oxygens (including phenoxy) is 1. The van der Waals surface area contributed by atoms with Gasteiger partial charge in [-0.05, 0) is 12.3 Å². The van der Waals surface area contributed by atoms with E-state index in [1.807, 2.05) is 13.8 Å². The summed E-state index contributed by atoms with van der Waals surface area (Å²) in [5.41, 5.74) is 0.502. The minimum Gasteiger partial charge on any atom is -0.375 e. The van der Waals surface area contributed by atoms with Crippen molar-refractivity contribution in [1.29, 1.82) is 0 Å². The third-order valence-electron chi connectivity index (χ3n) is 2.19. The lowest BCUT2D eigenvalue weighted by Gasteiger charge is -2.07. The number of hydrogen-bond donors (Lipinski definition) is 1. The Bertz CT molecular complexity index is 419. The van der Waals surface area contributed by atoms with Crippen molar-refractivity contribution >= 4 is 0 Å². The molecule has 0 saturated carbocycles. The number of aromatic amines is 1. The zero-order chi connectivity index (χ0) is 13.5. The van der Waals surface area contributed by atoms with E-state index in [4.69, 9.17) is 4.74 Å². The average Bonchev–Trinajstić information content (AvgIpc) is 2.22. The van der Waals surface area contributed by atoms with E-state index in [9.17, 15) is 13.6 Å². The average molecular weight is 260 g/mol. The molecule has 102 valence electrons. The smallest absolute Gasteiger partial charge is 0.261 e. The number of halogens is 2. The molecule has 0 atom stereocenters. The molecule has 0 fully saturated rings. The molecule has 1 rings (SSSR count). The Balaban J connectivity index is 2.54. The van der Waals surface area contributed by atoms with Crippen LogP contribution in [0.4, 0.5) is 8.78 Å². The molecule has 0 aliphatic heterocycles. The Kier molecular flexibility index (Phi) is 5.91. The molecule has 0 radical (unpaired) electrons. The molecular weight excluding hydrogens is 242 g/mol. The number of alkyl halides is 2. The maximum absolute atomic E-state index is 11.8. The van der Waals surface area contributed by atoms with E-state index in [1.54, 1.807) is 0 Å². The maximum Gasteiger partial charge on any atom is 0.261 e. The number of nitrogens with zero attached hydrogens (tertiary/aromatic N) is 1. The van der Waals surface area contributed by atoms with Crippen LogP contribution in [0, 0.1) is 5.92 Å². The number of hydrogen-bond acceptors (Lipinski definition) is 3. The number of aromatic nitrogens is 2. The van der Waals surface area contributed by atoms with Gasteiger partial charge < -0.3 is 9.72 Å². The fourth-order valence-electron chi connectivity index (χ4n) is 1.55. The van der Waals surface area contributed by atoms with Crippen molar-refractivity contribution in [2.75, 3.05) is 13.2 Å². The second-order valence-electron chi connectivity index (χ2n) is 4.50. The summed E-state index contributed by atoms with van der Waals surface area (Å²) in [5.74, 6) is 0.884. The lowest BCUT2D eigenvalue weighted by molar-refractivity contribution is 0.0182. The first kappa shape index (κ1) is 14.8. The summed E-state index contributed by atoms with van der Waals surface area (Å²) in [4.78, 5) is 18.2. The fraction of sp³-hybridized carbons (Fsp3) is 0.667. The van der Waals surface area contributed by atoms with E-state index in [1.165, 1.54) is 6.07 Å². The summed E-state index contributed by atoms with van der Waals surface area (Å²) >= 11 is 0. The zero-order valence-corrected chi connectivity index (χ0v) is 10.6. The molecule has 0 spiro atoms. The summed E-state index contributed by atoms with van der Waals surface area (Å²) < 4.78 is 28.4. The molecule has 4 nitrogen and oxygen atoms in total. The second kappa shape index (κ2) is 7.20. The van der Waals surface area contributed by atoms with Crippen LogP contribution in [0.25, 0.3) is 0 Å². The SMILES string of the molecule is CC(C)Cc1cc(=O)[nH]c(CCOCC(F)F)n1. The summed E-state index contributed by atoms with van der Waals surface area (Å²) in [7, 11) is 0. The summed E-state index contributed by atoms with van der Waals surface area (Å²) in [5, 5.41) is 0. The standard InChI is InChI=1S/C12H18F2N2O2/c1-8(2)5-9-6-12(17)16-11(15-9)3-4-18-7-10(13)14/h6,8,10H,3-5,7H2,1-2H3,(H,15,16,17). The van der Waals surface area contributed by atoms with Crippen LogP contribution in [0.3, 0.4) is 0 Å². The number of nitrogens with one attached hydrogen (secondary N) is 1. The minimum atomic E-state index is -2.47. The molecule has 0 unspecified atom stereocenters. The molecule has 0 bridgehead atoms. The number of rotatable bonds is 7. The lowest BCUT2D eigenvalue weighted by Crippen LogP contribution is -2.16. The van der Waals surface area contributed by atoms with Gasteiger partial charge in [0.25, 0.3) is 12.0 Å². The molecule has 6 heteroatoms. The van der Waals surface area contributed by atoms with Gasteiger partial charge in [0.05, 0.1) is 6.61 Å². The van der Waals surface area contributed by atoms with E-state index in [0.29, 0.717) is 18.2 Å². The topological polar surface area (TPSA) is 55.0 Å². The van der Waals surface area contributed by atoms with Crippen molar-refractivity contribution in [2.45, 2.75) is 33.1 Å². The largest absolute Gasteiger partial charge is 0.375 e. The third-order valence-corrected chi connectivity index (χ3v) is 2.19. The van der Waals surface area contributed by atoms with E-state index < -0.39 is 13.0 Å². The van der Waals surface area contributed by atoms with E-state index in [2.05, 4.69) is 9.97 Å². The molecule has 1 aromatic heterocycles. The van der Waals surface area contributed by atoms with Gasteiger partial charge in [-0.3, -0.25) is 4.79 Å². The van der Waals surface area contributed by atoms with Crippen molar-refractivity contribution < 1.29 is 13.5 Å². The molecular formula is C12H18F2N2O2. The van der Waals surface area contributed by atoms with Crippen LogP contribution in [0.15, 0.2) is 10.9 Å². The maximum atomic E-state index is 11.8. The Labute approximate surface area is 104 Å². The van der Waals surface area contributed by atoms with Gasteiger partial charge in [0, 0.05) is 18.2 Å². The molecule has 1 aromatic rings. The van der Waals surface area contributed by atoms with Crippen LogP contribution < -0.4 is 5.56 Å². The van der Waals surface area contributed by atoms with Crippen molar-refractivity contribution in [3.05, 3.63) is 27.9 Å². The van der Waals surface area contributed by atoms with Gasteiger partial charge in [0.2, 0.25) is 0 Å². The van der Waals surface area contributed by atoms with Crippen LogP contribution in [0.5, 0.6) is 0 Å². The second-order valence-corrected chi connectivity index (χ2v) is 4.50. The highest BCUT2D eigenvalue weighted by molar-refractivity contribution is 5.03. The highest BCUT2D eigenvalue weighted by Crippen LogP contribution is 2.03. The Hall–Kier alpha value is -1.30. The van der Waals surface area contributed by atoms with Crippen molar-refractivity contribution in [1.82, 2.24) is 9.97 Å². The van der Waals surface area contributed by atoms with Gasteiger partial charge >= 0.3 is 0 Å². The Morgan fingerprint density at radius 1 is 1.44 bits per heavy atom. The van der Waals surface area contributed by atoms with Gasteiger partial charge in [-0.25, -0.2) is 13.8 Å². The molecule has 0 amide bonds.